The van der Waals surface area contributed by atoms with Crippen LogP contribution >= 0.6 is 11.3 Å². The smallest absolute Gasteiger partial charge is 0.338 e. The molecule has 5 nitrogen and oxygen atoms in total. The Morgan fingerprint density at radius 2 is 1.94 bits per heavy atom. The van der Waals surface area contributed by atoms with E-state index in [0.29, 0.717) is 23.9 Å². The number of nitrogens with zero attached hydrogens (tertiary/aromatic N) is 2. The van der Waals surface area contributed by atoms with Crippen LogP contribution < -0.4 is 5.32 Å². The molecule has 0 amide bonds. The molecule has 158 valence electrons. The van der Waals surface area contributed by atoms with Gasteiger partial charge in [0, 0.05) is 16.6 Å². The Labute approximate surface area is 186 Å². The van der Waals surface area contributed by atoms with Crippen LogP contribution in [-0.4, -0.2) is 22.5 Å². The summed E-state index contributed by atoms with van der Waals surface area (Å²) in [6.07, 6.45) is 2.36. The van der Waals surface area contributed by atoms with E-state index in [9.17, 15) is 4.79 Å². The third-order valence-corrected chi connectivity index (χ3v) is 5.94. The number of benzene rings is 2. The Balaban J connectivity index is 1.68. The fourth-order valence-corrected chi connectivity index (χ4v) is 4.28. The van der Waals surface area contributed by atoms with Crippen LogP contribution in [-0.2, 0) is 4.74 Å². The minimum Gasteiger partial charge on any atom is -0.462 e. The van der Waals surface area contributed by atoms with Gasteiger partial charge in [-0.05, 0) is 41.7 Å². The van der Waals surface area contributed by atoms with Gasteiger partial charge in [-0.3, -0.25) is 0 Å². The van der Waals surface area contributed by atoms with Crippen molar-refractivity contribution < 1.29 is 9.53 Å². The standard InChI is InChI=1S/C25H25N3O2S/c1-4-12-30-25(29)19-6-5-7-20(13-19)28-23-22-21(14-31-24(22)27-15-26-23)18-10-8-17(9-11-18)16(2)3/h5-11,13-16H,4,12H2,1-3H3,(H,26,27,28). The van der Waals surface area contributed by atoms with E-state index < -0.39 is 0 Å². The van der Waals surface area contributed by atoms with E-state index in [1.54, 1.807) is 29.8 Å². The van der Waals surface area contributed by atoms with Gasteiger partial charge < -0.3 is 10.1 Å². The molecule has 4 aromatic rings. The molecule has 6 heteroatoms. The third kappa shape index (κ3) is 4.59. The van der Waals surface area contributed by atoms with Gasteiger partial charge in [0.05, 0.1) is 17.6 Å². The largest absolute Gasteiger partial charge is 0.462 e. The first-order valence-electron chi connectivity index (χ1n) is 10.4. The number of carbonyl (C=O) groups excluding carboxylic acids is 1. The Morgan fingerprint density at radius 3 is 2.68 bits per heavy atom. The lowest BCUT2D eigenvalue weighted by Gasteiger charge is -2.11. The molecule has 0 radical (unpaired) electrons. The summed E-state index contributed by atoms with van der Waals surface area (Å²) in [5.74, 6) is 0.887. The van der Waals surface area contributed by atoms with Crippen molar-refractivity contribution in [3.8, 4) is 11.1 Å². The number of aromatic nitrogens is 2. The molecule has 0 saturated carbocycles. The maximum atomic E-state index is 12.2. The van der Waals surface area contributed by atoms with Gasteiger partial charge in [-0.1, -0.05) is 51.1 Å². The van der Waals surface area contributed by atoms with Gasteiger partial charge >= 0.3 is 5.97 Å². The molecule has 1 N–H and O–H groups in total. The zero-order chi connectivity index (χ0) is 21.8. The summed E-state index contributed by atoms with van der Waals surface area (Å²) in [6.45, 7) is 6.77. The summed E-state index contributed by atoms with van der Waals surface area (Å²) in [5.41, 5.74) is 4.82. The average Bonchev–Trinajstić information content (AvgIpc) is 3.23. The zero-order valence-corrected chi connectivity index (χ0v) is 18.7. The summed E-state index contributed by atoms with van der Waals surface area (Å²) in [4.78, 5) is 22.1. The number of rotatable bonds is 7. The fourth-order valence-electron chi connectivity index (χ4n) is 3.37. The van der Waals surface area contributed by atoms with Gasteiger partial charge in [-0.2, -0.15) is 0 Å². The van der Waals surface area contributed by atoms with Crippen molar-refractivity contribution in [3.63, 3.8) is 0 Å². The molecule has 2 heterocycles. The Kier molecular flexibility index (Phi) is 6.28. The summed E-state index contributed by atoms with van der Waals surface area (Å²) in [7, 11) is 0. The predicted octanol–water partition coefficient (Wildman–Crippen LogP) is 6.79. The maximum Gasteiger partial charge on any atom is 0.338 e. The number of ether oxygens (including phenoxy) is 1. The number of fused-ring (bicyclic) bond motifs is 1. The second-order valence-corrected chi connectivity index (χ2v) is 8.53. The first-order chi connectivity index (χ1) is 15.1. The zero-order valence-electron chi connectivity index (χ0n) is 17.9. The van der Waals surface area contributed by atoms with Crippen molar-refractivity contribution in [1.29, 1.82) is 0 Å². The topological polar surface area (TPSA) is 64.1 Å². The van der Waals surface area contributed by atoms with E-state index in [2.05, 4.69) is 58.8 Å². The van der Waals surface area contributed by atoms with Crippen molar-refractivity contribution >= 4 is 39.0 Å². The lowest BCUT2D eigenvalue weighted by Crippen LogP contribution is -2.06. The fraction of sp³-hybridized carbons (Fsp3) is 0.240. The molecular weight excluding hydrogens is 406 g/mol. The van der Waals surface area contributed by atoms with Gasteiger partial charge in [-0.15, -0.1) is 11.3 Å². The van der Waals surface area contributed by atoms with Gasteiger partial charge in [-0.25, -0.2) is 14.8 Å². The predicted molar refractivity (Wildman–Crippen MR) is 127 cm³/mol. The molecule has 0 aliphatic rings. The molecule has 0 aliphatic heterocycles. The Bertz CT molecular complexity index is 1200. The Hall–Kier alpha value is -3.25. The van der Waals surface area contributed by atoms with Gasteiger partial charge in [0.2, 0.25) is 0 Å². The summed E-state index contributed by atoms with van der Waals surface area (Å²) >= 11 is 1.60. The highest BCUT2D eigenvalue weighted by atomic mass is 32.1. The summed E-state index contributed by atoms with van der Waals surface area (Å²) < 4.78 is 5.25. The summed E-state index contributed by atoms with van der Waals surface area (Å²) in [5, 5.41) is 6.47. The minimum atomic E-state index is -0.320. The lowest BCUT2D eigenvalue weighted by molar-refractivity contribution is 0.0505. The normalized spacial score (nSPS) is 11.1. The van der Waals surface area contributed by atoms with E-state index in [-0.39, 0.29) is 5.97 Å². The molecule has 0 atom stereocenters. The lowest BCUT2D eigenvalue weighted by atomic mass is 9.99. The molecule has 31 heavy (non-hydrogen) atoms. The highest BCUT2D eigenvalue weighted by Crippen LogP contribution is 2.37. The monoisotopic (exact) mass is 431 g/mol. The van der Waals surface area contributed by atoms with E-state index >= 15 is 0 Å². The van der Waals surface area contributed by atoms with Crippen LogP contribution in [0.15, 0.2) is 60.2 Å². The molecule has 0 aliphatic carbocycles. The number of thiophene rings is 1. The SMILES string of the molecule is CCCOC(=O)c1cccc(Nc2ncnc3scc(-c4ccc(C(C)C)cc4)c23)c1. The number of carbonyl (C=O) groups is 1. The van der Waals surface area contributed by atoms with Crippen LogP contribution in [0.2, 0.25) is 0 Å². The maximum absolute atomic E-state index is 12.2. The number of hydrogen-bond acceptors (Lipinski definition) is 6. The highest BCUT2D eigenvalue weighted by molar-refractivity contribution is 7.17. The molecular formula is C25H25N3O2S. The number of anilines is 2. The molecule has 0 fully saturated rings. The molecule has 0 spiro atoms. The van der Waals surface area contributed by atoms with Crippen molar-refractivity contribution in [2.75, 3.05) is 11.9 Å². The van der Waals surface area contributed by atoms with Crippen LogP contribution in [0.4, 0.5) is 11.5 Å². The summed E-state index contributed by atoms with van der Waals surface area (Å²) in [6, 6.07) is 15.9. The number of esters is 1. The van der Waals surface area contributed by atoms with Gasteiger partial charge in [0.1, 0.15) is 17.0 Å². The molecule has 2 aromatic heterocycles. The van der Waals surface area contributed by atoms with E-state index in [1.807, 2.05) is 19.1 Å². The quantitative estimate of drug-likeness (QED) is 0.326. The average molecular weight is 432 g/mol. The molecule has 0 unspecified atom stereocenters. The van der Waals surface area contributed by atoms with E-state index in [4.69, 9.17) is 4.74 Å². The third-order valence-electron chi connectivity index (χ3n) is 5.06. The van der Waals surface area contributed by atoms with Crippen molar-refractivity contribution in [1.82, 2.24) is 9.97 Å². The molecule has 0 saturated heterocycles. The van der Waals surface area contributed by atoms with E-state index in [1.165, 1.54) is 5.56 Å². The second-order valence-electron chi connectivity index (χ2n) is 7.67. The van der Waals surface area contributed by atoms with Crippen LogP contribution in [0, 0.1) is 0 Å². The number of nitrogens with one attached hydrogen (secondary N) is 1. The van der Waals surface area contributed by atoms with Crippen molar-refractivity contribution in [2.45, 2.75) is 33.1 Å². The molecule has 0 bridgehead atoms. The highest BCUT2D eigenvalue weighted by Gasteiger charge is 2.15. The van der Waals surface area contributed by atoms with Crippen molar-refractivity contribution in [3.05, 3.63) is 71.4 Å². The minimum absolute atomic E-state index is 0.320. The Morgan fingerprint density at radius 1 is 1.13 bits per heavy atom. The van der Waals surface area contributed by atoms with Crippen LogP contribution in [0.3, 0.4) is 0 Å². The van der Waals surface area contributed by atoms with E-state index in [0.717, 1.165) is 33.5 Å². The van der Waals surface area contributed by atoms with Crippen LogP contribution in [0.25, 0.3) is 21.3 Å². The van der Waals surface area contributed by atoms with Crippen molar-refractivity contribution in [2.24, 2.45) is 0 Å². The first-order valence-corrected chi connectivity index (χ1v) is 11.3. The first kappa shape index (κ1) is 21.0. The number of hydrogen-bond donors (Lipinski definition) is 1. The molecule has 2 aromatic carbocycles. The van der Waals surface area contributed by atoms with Gasteiger partial charge in [0.25, 0.3) is 0 Å². The van der Waals surface area contributed by atoms with Crippen LogP contribution in [0.5, 0.6) is 0 Å². The molecule has 4 rings (SSSR count). The van der Waals surface area contributed by atoms with Crippen LogP contribution in [0.1, 0.15) is 49.0 Å². The van der Waals surface area contributed by atoms with Gasteiger partial charge in [0.15, 0.2) is 0 Å². The second kappa shape index (κ2) is 9.27.